The van der Waals surface area contributed by atoms with Gasteiger partial charge in [-0.05, 0) is 24.2 Å². The quantitative estimate of drug-likeness (QED) is 0.475. The molecular weight excluding hydrogens is 252 g/mol. The Morgan fingerprint density at radius 3 is 2.47 bits per heavy atom. The monoisotopic (exact) mass is 274 g/mol. The predicted molar refractivity (Wildman–Crippen MR) is 81.9 cm³/mol. The van der Waals surface area contributed by atoms with Crippen LogP contribution in [-0.4, -0.2) is 21.2 Å². The van der Waals surface area contributed by atoms with Gasteiger partial charge in [-0.3, -0.25) is 4.79 Å². The van der Waals surface area contributed by atoms with Crippen LogP contribution in [0.1, 0.15) is 36.7 Å². The third kappa shape index (κ3) is 4.34. The van der Waals surface area contributed by atoms with Crippen LogP contribution in [0.4, 0.5) is 0 Å². The summed E-state index contributed by atoms with van der Waals surface area (Å²) < 4.78 is 5.97. The van der Waals surface area contributed by atoms with Gasteiger partial charge in [0.25, 0.3) is 0 Å². The number of carbonyl (C=O) groups is 1. The van der Waals surface area contributed by atoms with Gasteiger partial charge in [0.15, 0.2) is 14.6 Å². The van der Waals surface area contributed by atoms with Gasteiger partial charge in [-0.1, -0.05) is 50.8 Å². The van der Waals surface area contributed by atoms with Gasteiger partial charge in [0, 0.05) is 11.1 Å². The minimum atomic E-state index is -1.74. The van der Waals surface area contributed by atoms with E-state index in [0.717, 1.165) is 11.8 Å². The molecule has 0 saturated heterocycles. The van der Waals surface area contributed by atoms with Crippen LogP contribution >= 0.6 is 0 Å². The first-order chi connectivity index (χ1) is 8.78. The van der Waals surface area contributed by atoms with Crippen molar-refractivity contribution in [1.29, 1.82) is 0 Å². The number of aldehydes is 1. The van der Waals surface area contributed by atoms with E-state index >= 15 is 0 Å². The first-order valence-electron chi connectivity index (χ1n) is 6.45. The highest BCUT2D eigenvalue weighted by Crippen LogP contribution is 2.36. The Kier molecular flexibility index (Phi) is 5.10. The van der Waals surface area contributed by atoms with Crippen LogP contribution in [0.2, 0.25) is 18.1 Å². The van der Waals surface area contributed by atoms with Crippen LogP contribution < -0.4 is 0 Å². The number of benzene rings is 1. The van der Waals surface area contributed by atoms with Crippen LogP contribution in [0.25, 0.3) is 0 Å². The molecule has 1 rings (SSSR count). The highest BCUT2D eigenvalue weighted by atomic mass is 28.4. The molecule has 0 heterocycles. The van der Waals surface area contributed by atoms with E-state index in [1.807, 2.05) is 18.2 Å². The van der Waals surface area contributed by atoms with E-state index < -0.39 is 8.32 Å². The van der Waals surface area contributed by atoms with E-state index in [9.17, 15) is 4.79 Å². The molecule has 0 amide bonds. The van der Waals surface area contributed by atoms with Crippen molar-refractivity contribution in [2.45, 2.75) is 38.9 Å². The molecule has 0 bridgehead atoms. The lowest BCUT2D eigenvalue weighted by Crippen LogP contribution is -2.40. The van der Waals surface area contributed by atoms with Crippen molar-refractivity contribution in [3.8, 4) is 11.8 Å². The average molecular weight is 274 g/mol. The topological polar surface area (TPSA) is 26.3 Å². The third-order valence-corrected chi connectivity index (χ3v) is 8.10. The molecule has 0 aromatic heterocycles. The zero-order valence-corrected chi connectivity index (χ0v) is 13.4. The Morgan fingerprint density at radius 1 is 1.26 bits per heavy atom. The smallest absolute Gasteiger partial charge is 0.193 e. The maximum absolute atomic E-state index is 10.9. The van der Waals surface area contributed by atoms with Crippen molar-refractivity contribution in [2.75, 3.05) is 6.61 Å². The average Bonchev–Trinajstić information content (AvgIpc) is 2.33. The number of carbonyl (C=O) groups excluding carboxylic acids is 1. The van der Waals surface area contributed by atoms with E-state index in [-0.39, 0.29) is 5.04 Å². The van der Waals surface area contributed by atoms with Crippen molar-refractivity contribution >= 4 is 14.6 Å². The zero-order chi connectivity index (χ0) is 14.5. The summed E-state index contributed by atoms with van der Waals surface area (Å²) in [7, 11) is -1.74. The standard InChI is InChI=1S/C16H22O2Si/c1-16(2,3)19(4,5)18-12-8-11-14-9-6-7-10-15(14)13-17/h6-7,9-10,13H,12H2,1-5H3. The Morgan fingerprint density at radius 2 is 1.89 bits per heavy atom. The van der Waals surface area contributed by atoms with Gasteiger partial charge >= 0.3 is 0 Å². The van der Waals surface area contributed by atoms with Crippen molar-refractivity contribution in [3.63, 3.8) is 0 Å². The summed E-state index contributed by atoms with van der Waals surface area (Å²) in [6, 6.07) is 7.33. The van der Waals surface area contributed by atoms with E-state index in [1.54, 1.807) is 6.07 Å². The van der Waals surface area contributed by atoms with Crippen molar-refractivity contribution < 1.29 is 9.22 Å². The van der Waals surface area contributed by atoms with Gasteiger partial charge < -0.3 is 4.43 Å². The normalized spacial score (nSPS) is 11.6. The summed E-state index contributed by atoms with van der Waals surface area (Å²) in [6.45, 7) is 11.4. The zero-order valence-electron chi connectivity index (χ0n) is 12.4. The lowest BCUT2D eigenvalue weighted by molar-refractivity contribution is 0.112. The van der Waals surface area contributed by atoms with E-state index in [0.29, 0.717) is 12.2 Å². The second-order valence-electron chi connectivity index (χ2n) is 6.06. The maximum atomic E-state index is 10.9. The van der Waals surface area contributed by atoms with E-state index in [1.165, 1.54) is 0 Å². The second-order valence-corrected chi connectivity index (χ2v) is 10.9. The Bertz CT molecular complexity index is 501. The number of hydrogen-bond donors (Lipinski definition) is 0. The minimum Gasteiger partial charge on any atom is -0.406 e. The van der Waals surface area contributed by atoms with Gasteiger partial charge in [0.05, 0.1) is 6.61 Å². The molecule has 102 valence electrons. The molecule has 0 aliphatic rings. The summed E-state index contributed by atoms with van der Waals surface area (Å²) >= 11 is 0. The van der Waals surface area contributed by atoms with E-state index in [4.69, 9.17) is 4.43 Å². The van der Waals surface area contributed by atoms with Crippen LogP contribution in [0.3, 0.4) is 0 Å². The van der Waals surface area contributed by atoms with Gasteiger partial charge in [0.1, 0.15) is 0 Å². The van der Waals surface area contributed by atoms with E-state index in [2.05, 4.69) is 45.7 Å². The fourth-order valence-electron chi connectivity index (χ4n) is 1.28. The fourth-order valence-corrected chi connectivity index (χ4v) is 2.14. The summed E-state index contributed by atoms with van der Waals surface area (Å²) in [5.41, 5.74) is 1.39. The second kappa shape index (κ2) is 6.18. The first kappa shape index (κ1) is 15.7. The van der Waals surface area contributed by atoms with Crippen molar-refractivity contribution in [2.24, 2.45) is 0 Å². The molecular formula is C16H22O2Si. The SMILES string of the molecule is CC(C)(C)[Si](C)(C)OCC#Cc1ccccc1C=O. The Labute approximate surface area is 117 Å². The largest absolute Gasteiger partial charge is 0.406 e. The Hall–Kier alpha value is -1.37. The van der Waals surface area contributed by atoms with Gasteiger partial charge in [-0.2, -0.15) is 0 Å². The molecule has 0 unspecified atom stereocenters. The van der Waals surface area contributed by atoms with Crippen LogP contribution in [-0.2, 0) is 4.43 Å². The molecule has 3 heteroatoms. The molecule has 0 fully saturated rings. The molecule has 19 heavy (non-hydrogen) atoms. The lowest BCUT2D eigenvalue weighted by atomic mass is 10.1. The molecule has 1 aromatic rings. The Balaban J connectivity index is 2.69. The van der Waals surface area contributed by atoms with Crippen LogP contribution in [0, 0.1) is 11.8 Å². The molecule has 1 aromatic carbocycles. The molecule has 0 spiro atoms. The third-order valence-electron chi connectivity index (χ3n) is 3.62. The molecule has 0 atom stereocenters. The summed E-state index contributed by atoms with van der Waals surface area (Å²) in [6.07, 6.45) is 0.832. The minimum absolute atomic E-state index is 0.190. The van der Waals surface area contributed by atoms with Gasteiger partial charge in [-0.25, -0.2) is 0 Å². The molecule has 0 aliphatic heterocycles. The summed E-state index contributed by atoms with van der Waals surface area (Å²) in [5.74, 6) is 6.01. The van der Waals surface area contributed by atoms with Crippen LogP contribution in [0.5, 0.6) is 0 Å². The number of hydrogen-bond acceptors (Lipinski definition) is 2. The van der Waals surface area contributed by atoms with Crippen molar-refractivity contribution in [1.82, 2.24) is 0 Å². The number of rotatable bonds is 3. The fraction of sp³-hybridized carbons (Fsp3) is 0.438. The summed E-state index contributed by atoms with van der Waals surface area (Å²) in [4.78, 5) is 10.9. The molecule has 2 nitrogen and oxygen atoms in total. The highest BCUT2D eigenvalue weighted by Gasteiger charge is 2.36. The van der Waals surface area contributed by atoms with Crippen LogP contribution in [0.15, 0.2) is 24.3 Å². The molecule has 0 N–H and O–H groups in total. The molecule has 0 radical (unpaired) electrons. The lowest BCUT2D eigenvalue weighted by Gasteiger charge is -2.35. The molecule has 0 aliphatic carbocycles. The predicted octanol–water partition coefficient (Wildman–Crippen LogP) is 3.87. The van der Waals surface area contributed by atoms with Crippen molar-refractivity contribution in [3.05, 3.63) is 35.4 Å². The first-order valence-corrected chi connectivity index (χ1v) is 9.36. The van der Waals surface area contributed by atoms with Gasteiger partial charge in [-0.15, -0.1) is 0 Å². The maximum Gasteiger partial charge on any atom is 0.193 e. The highest BCUT2D eigenvalue weighted by molar-refractivity contribution is 6.74. The molecule has 0 saturated carbocycles. The van der Waals surface area contributed by atoms with Gasteiger partial charge in [0.2, 0.25) is 0 Å². The summed E-state index contributed by atoms with van der Waals surface area (Å²) in [5, 5.41) is 0.190.